The molecule has 0 N–H and O–H groups in total. The summed E-state index contributed by atoms with van der Waals surface area (Å²) < 4.78 is 16.7. The monoisotopic (exact) mass is 367 g/mol. The Labute approximate surface area is 149 Å². The van der Waals surface area contributed by atoms with E-state index < -0.39 is 6.29 Å². The van der Waals surface area contributed by atoms with Gasteiger partial charge in [-0.25, -0.2) is 9.97 Å². The highest BCUT2D eigenvalue weighted by molar-refractivity contribution is 6.30. The van der Waals surface area contributed by atoms with Gasteiger partial charge in [-0.2, -0.15) is 0 Å². The van der Waals surface area contributed by atoms with Crippen LogP contribution in [0.5, 0.6) is 0 Å². The SMILES string of the molecule is COCCN(C1=COC(c2cccc(Cl)c2)O1)c1ccnc(Cl)n1. The zero-order chi connectivity index (χ0) is 16.9. The molecule has 1 aliphatic rings. The second-order valence-corrected chi connectivity index (χ2v) is 5.70. The van der Waals surface area contributed by atoms with E-state index >= 15 is 0 Å². The summed E-state index contributed by atoms with van der Waals surface area (Å²) in [6, 6.07) is 9.05. The number of nitrogens with zero attached hydrogens (tertiary/aromatic N) is 3. The minimum absolute atomic E-state index is 0.154. The zero-order valence-electron chi connectivity index (χ0n) is 12.9. The predicted molar refractivity (Wildman–Crippen MR) is 90.7 cm³/mol. The molecular weight excluding hydrogens is 353 g/mol. The van der Waals surface area contributed by atoms with Crippen LogP contribution in [0, 0.1) is 0 Å². The van der Waals surface area contributed by atoms with E-state index in [9.17, 15) is 0 Å². The van der Waals surface area contributed by atoms with E-state index in [0.29, 0.717) is 29.9 Å². The number of hydrogen-bond donors (Lipinski definition) is 0. The molecule has 0 bridgehead atoms. The lowest BCUT2D eigenvalue weighted by Gasteiger charge is -2.23. The van der Waals surface area contributed by atoms with Gasteiger partial charge < -0.3 is 14.2 Å². The molecule has 0 radical (unpaired) electrons. The topological polar surface area (TPSA) is 56.7 Å². The van der Waals surface area contributed by atoms with Gasteiger partial charge in [-0.15, -0.1) is 0 Å². The molecule has 126 valence electrons. The fraction of sp³-hybridized carbons (Fsp3) is 0.250. The first kappa shape index (κ1) is 16.8. The van der Waals surface area contributed by atoms with Gasteiger partial charge in [0.05, 0.1) is 13.2 Å². The standard InChI is InChI=1S/C16H15Cl2N3O3/c1-22-8-7-21(13-5-6-19-16(18)20-13)14-10-23-15(24-14)11-3-2-4-12(17)9-11/h2-6,9-10,15H,7-8H2,1H3. The van der Waals surface area contributed by atoms with Crippen LogP contribution in [0.2, 0.25) is 10.3 Å². The van der Waals surface area contributed by atoms with E-state index in [2.05, 4.69) is 9.97 Å². The third-order valence-electron chi connectivity index (χ3n) is 3.31. The number of benzene rings is 1. The van der Waals surface area contributed by atoms with E-state index in [0.717, 1.165) is 5.56 Å². The van der Waals surface area contributed by atoms with Gasteiger partial charge in [0, 0.05) is 23.9 Å². The van der Waals surface area contributed by atoms with Gasteiger partial charge in [0.1, 0.15) is 12.1 Å². The second-order valence-electron chi connectivity index (χ2n) is 4.93. The van der Waals surface area contributed by atoms with Gasteiger partial charge in [0.25, 0.3) is 6.29 Å². The summed E-state index contributed by atoms with van der Waals surface area (Å²) >= 11 is 11.9. The predicted octanol–water partition coefficient (Wildman–Crippen LogP) is 3.78. The molecule has 8 heteroatoms. The van der Waals surface area contributed by atoms with Crippen molar-refractivity contribution in [2.75, 3.05) is 25.2 Å². The number of rotatable bonds is 6. The molecule has 0 amide bonds. The number of methoxy groups -OCH3 is 1. The molecule has 0 spiro atoms. The van der Waals surface area contributed by atoms with Gasteiger partial charge in [-0.1, -0.05) is 23.7 Å². The smallest absolute Gasteiger partial charge is 0.268 e. The van der Waals surface area contributed by atoms with Crippen LogP contribution >= 0.6 is 23.2 Å². The van der Waals surface area contributed by atoms with Crippen molar-refractivity contribution in [2.45, 2.75) is 6.29 Å². The average molecular weight is 368 g/mol. The number of aromatic nitrogens is 2. The Morgan fingerprint density at radius 3 is 2.92 bits per heavy atom. The van der Waals surface area contributed by atoms with Crippen LogP contribution in [-0.2, 0) is 14.2 Å². The summed E-state index contributed by atoms with van der Waals surface area (Å²) in [4.78, 5) is 9.91. The van der Waals surface area contributed by atoms with E-state index in [4.69, 9.17) is 37.4 Å². The largest absolute Gasteiger partial charge is 0.453 e. The first-order valence-electron chi connectivity index (χ1n) is 7.20. The minimum atomic E-state index is -0.568. The first-order valence-corrected chi connectivity index (χ1v) is 7.96. The normalized spacial score (nSPS) is 16.3. The Morgan fingerprint density at radius 1 is 1.29 bits per heavy atom. The Kier molecular flexibility index (Phi) is 5.40. The quantitative estimate of drug-likeness (QED) is 0.724. The Bertz CT molecular complexity index is 742. The maximum Gasteiger partial charge on any atom is 0.268 e. The van der Waals surface area contributed by atoms with Crippen molar-refractivity contribution >= 4 is 29.0 Å². The molecular formula is C16H15Cl2N3O3. The fourth-order valence-electron chi connectivity index (χ4n) is 2.21. The van der Waals surface area contributed by atoms with Crippen molar-refractivity contribution in [3.63, 3.8) is 0 Å². The third kappa shape index (κ3) is 3.90. The fourth-order valence-corrected chi connectivity index (χ4v) is 2.55. The lowest BCUT2D eigenvalue weighted by atomic mass is 10.2. The van der Waals surface area contributed by atoms with Crippen LogP contribution in [0.3, 0.4) is 0 Å². The molecule has 2 heterocycles. The van der Waals surface area contributed by atoms with Crippen LogP contribution in [0.15, 0.2) is 48.7 Å². The van der Waals surface area contributed by atoms with E-state index in [-0.39, 0.29) is 5.28 Å². The van der Waals surface area contributed by atoms with Crippen molar-refractivity contribution in [2.24, 2.45) is 0 Å². The van der Waals surface area contributed by atoms with Crippen LogP contribution < -0.4 is 4.90 Å². The van der Waals surface area contributed by atoms with Crippen molar-refractivity contribution in [3.05, 3.63) is 64.5 Å². The Morgan fingerprint density at radius 2 is 2.17 bits per heavy atom. The second kappa shape index (κ2) is 7.70. The molecule has 3 rings (SSSR count). The van der Waals surface area contributed by atoms with Gasteiger partial charge in [0.15, 0.2) is 0 Å². The molecule has 24 heavy (non-hydrogen) atoms. The van der Waals surface area contributed by atoms with Crippen molar-refractivity contribution in [1.82, 2.24) is 9.97 Å². The number of ether oxygens (including phenoxy) is 3. The summed E-state index contributed by atoms with van der Waals surface area (Å²) in [5, 5.41) is 0.771. The number of hydrogen-bond acceptors (Lipinski definition) is 6. The summed E-state index contributed by atoms with van der Waals surface area (Å²) in [5.74, 6) is 1.10. The lowest BCUT2D eigenvalue weighted by molar-refractivity contribution is -0.0353. The van der Waals surface area contributed by atoms with Crippen molar-refractivity contribution in [3.8, 4) is 0 Å². The number of anilines is 1. The molecule has 0 fully saturated rings. The average Bonchev–Trinajstić information content (AvgIpc) is 3.05. The highest BCUT2D eigenvalue weighted by atomic mass is 35.5. The molecule has 6 nitrogen and oxygen atoms in total. The molecule has 0 aliphatic carbocycles. The molecule has 1 unspecified atom stereocenters. The molecule has 1 aromatic heterocycles. The Hall–Kier alpha value is -2.02. The minimum Gasteiger partial charge on any atom is -0.453 e. The highest BCUT2D eigenvalue weighted by Crippen LogP contribution is 2.32. The van der Waals surface area contributed by atoms with Crippen LogP contribution in [0.25, 0.3) is 0 Å². The zero-order valence-corrected chi connectivity index (χ0v) is 14.4. The highest BCUT2D eigenvalue weighted by Gasteiger charge is 2.27. The first-order chi connectivity index (χ1) is 11.7. The van der Waals surface area contributed by atoms with E-state index in [1.165, 1.54) is 6.26 Å². The van der Waals surface area contributed by atoms with Gasteiger partial charge in [-0.05, 0) is 29.8 Å². The summed E-state index contributed by atoms with van der Waals surface area (Å²) in [6.45, 7) is 0.992. The van der Waals surface area contributed by atoms with Crippen LogP contribution in [0.4, 0.5) is 5.82 Å². The van der Waals surface area contributed by atoms with Crippen LogP contribution in [-0.4, -0.2) is 30.2 Å². The number of halogens is 2. The summed E-state index contributed by atoms with van der Waals surface area (Å²) in [6.07, 6.45) is 2.55. The molecule has 1 aliphatic heterocycles. The van der Waals surface area contributed by atoms with Gasteiger partial charge in [0.2, 0.25) is 11.2 Å². The Balaban J connectivity index is 1.79. The molecule has 1 atom stereocenters. The third-order valence-corrected chi connectivity index (χ3v) is 3.73. The van der Waals surface area contributed by atoms with Crippen LogP contribution in [0.1, 0.15) is 11.9 Å². The summed E-state index contributed by atoms with van der Waals surface area (Å²) in [7, 11) is 1.63. The van der Waals surface area contributed by atoms with Gasteiger partial charge >= 0.3 is 0 Å². The summed E-state index contributed by atoms with van der Waals surface area (Å²) in [5.41, 5.74) is 0.821. The van der Waals surface area contributed by atoms with Crippen molar-refractivity contribution < 1.29 is 14.2 Å². The van der Waals surface area contributed by atoms with Crippen molar-refractivity contribution in [1.29, 1.82) is 0 Å². The molecule has 2 aromatic rings. The maximum atomic E-state index is 6.02. The van der Waals surface area contributed by atoms with Gasteiger partial charge in [-0.3, -0.25) is 4.90 Å². The maximum absolute atomic E-state index is 6.02. The van der Waals surface area contributed by atoms with E-state index in [1.807, 2.05) is 17.0 Å². The lowest BCUT2D eigenvalue weighted by Crippen LogP contribution is -2.28. The van der Waals surface area contributed by atoms with E-state index in [1.54, 1.807) is 31.5 Å². The molecule has 0 saturated heterocycles. The molecule has 1 aromatic carbocycles. The molecule has 0 saturated carbocycles.